The molecule has 4 aromatic rings. The number of aliphatic carboxylic acids is 1. The SMILES string of the molecule is Cn1cc(-c2ccc(CC[C@@H](O)C(CCn3nnc4cc(Cl)ccc4c3=O)C(=O)O)c(F)c2)cn1. The van der Waals surface area contributed by atoms with Crippen molar-refractivity contribution in [2.45, 2.75) is 31.9 Å². The molecular weight excluding hydrogens is 477 g/mol. The first-order chi connectivity index (χ1) is 16.7. The molecule has 4 rings (SSSR count). The van der Waals surface area contributed by atoms with Crippen molar-refractivity contribution in [3.8, 4) is 11.1 Å². The van der Waals surface area contributed by atoms with E-state index in [1.807, 2.05) is 0 Å². The molecule has 2 aromatic carbocycles. The van der Waals surface area contributed by atoms with Crippen LogP contribution < -0.4 is 5.56 Å². The summed E-state index contributed by atoms with van der Waals surface area (Å²) >= 11 is 5.91. The van der Waals surface area contributed by atoms with E-state index < -0.39 is 29.4 Å². The van der Waals surface area contributed by atoms with Gasteiger partial charge in [-0.25, -0.2) is 9.07 Å². The maximum absolute atomic E-state index is 14.6. The van der Waals surface area contributed by atoms with Gasteiger partial charge in [-0.2, -0.15) is 5.10 Å². The Morgan fingerprint density at radius 2 is 1.97 bits per heavy atom. The molecule has 0 saturated carbocycles. The molecular formula is C24H23ClFN5O4. The zero-order chi connectivity index (χ0) is 25.1. The van der Waals surface area contributed by atoms with Crippen molar-refractivity contribution in [3.63, 3.8) is 0 Å². The van der Waals surface area contributed by atoms with Gasteiger partial charge in [-0.15, -0.1) is 5.10 Å². The molecule has 2 atom stereocenters. The molecule has 2 N–H and O–H groups in total. The fourth-order valence-corrected chi connectivity index (χ4v) is 4.11. The highest BCUT2D eigenvalue weighted by atomic mass is 35.5. The summed E-state index contributed by atoms with van der Waals surface area (Å²) in [5.41, 5.74) is 1.73. The first-order valence-electron chi connectivity index (χ1n) is 10.9. The summed E-state index contributed by atoms with van der Waals surface area (Å²) in [4.78, 5) is 24.4. The number of hydrogen-bond acceptors (Lipinski definition) is 6. The van der Waals surface area contributed by atoms with E-state index in [2.05, 4.69) is 15.4 Å². The van der Waals surface area contributed by atoms with Gasteiger partial charge in [0, 0.05) is 30.4 Å². The number of rotatable bonds is 9. The molecule has 0 spiro atoms. The van der Waals surface area contributed by atoms with Crippen LogP contribution in [0.4, 0.5) is 4.39 Å². The van der Waals surface area contributed by atoms with Crippen LogP contribution in [0.25, 0.3) is 22.0 Å². The Bertz CT molecular complexity index is 1440. The molecule has 2 heterocycles. The average Bonchev–Trinajstić information content (AvgIpc) is 3.25. The van der Waals surface area contributed by atoms with Crippen LogP contribution >= 0.6 is 11.6 Å². The number of fused-ring (bicyclic) bond motifs is 1. The van der Waals surface area contributed by atoms with Gasteiger partial charge in [0.05, 0.1) is 23.6 Å². The van der Waals surface area contributed by atoms with Gasteiger partial charge in [-0.1, -0.05) is 28.9 Å². The Morgan fingerprint density at radius 1 is 1.17 bits per heavy atom. The average molecular weight is 500 g/mol. The molecule has 0 amide bonds. The van der Waals surface area contributed by atoms with E-state index in [1.165, 1.54) is 18.2 Å². The molecule has 0 radical (unpaired) electrons. The van der Waals surface area contributed by atoms with Gasteiger partial charge in [0.2, 0.25) is 0 Å². The highest BCUT2D eigenvalue weighted by Gasteiger charge is 2.27. The maximum Gasteiger partial charge on any atom is 0.309 e. The first-order valence-corrected chi connectivity index (χ1v) is 11.3. The molecule has 0 saturated heterocycles. The van der Waals surface area contributed by atoms with Gasteiger partial charge in [0.1, 0.15) is 11.3 Å². The third-order valence-corrected chi connectivity index (χ3v) is 6.15. The normalized spacial score (nSPS) is 13.1. The van der Waals surface area contributed by atoms with E-state index in [0.29, 0.717) is 27.1 Å². The highest BCUT2D eigenvalue weighted by molar-refractivity contribution is 6.31. The van der Waals surface area contributed by atoms with E-state index in [-0.39, 0.29) is 25.8 Å². The van der Waals surface area contributed by atoms with Crippen LogP contribution in [0.3, 0.4) is 0 Å². The van der Waals surface area contributed by atoms with Crippen LogP contribution in [0.2, 0.25) is 5.02 Å². The van der Waals surface area contributed by atoms with Crippen molar-refractivity contribution in [1.29, 1.82) is 0 Å². The third kappa shape index (κ3) is 5.55. The van der Waals surface area contributed by atoms with Gasteiger partial charge < -0.3 is 10.2 Å². The van der Waals surface area contributed by atoms with E-state index in [9.17, 15) is 24.2 Å². The Hall–Kier alpha value is -3.63. The van der Waals surface area contributed by atoms with Crippen LogP contribution in [0, 0.1) is 11.7 Å². The van der Waals surface area contributed by atoms with Gasteiger partial charge in [0.25, 0.3) is 5.56 Å². The Balaban J connectivity index is 1.41. The van der Waals surface area contributed by atoms with Crippen molar-refractivity contribution in [2.75, 3.05) is 0 Å². The van der Waals surface area contributed by atoms with E-state index in [0.717, 1.165) is 10.2 Å². The summed E-state index contributed by atoms with van der Waals surface area (Å²) in [6.07, 6.45) is 2.31. The van der Waals surface area contributed by atoms with Crippen molar-refractivity contribution < 1.29 is 19.4 Å². The second-order valence-corrected chi connectivity index (χ2v) is 8.76. The van der Waals surface area contributed by atoms with Gasteiger partial charge in [-0.3, -0.25) is 14.3 Å². The van der Waals surface area contributed by atoms with E-state index in [1.54, 1.807) is 42.3 Å². The van der Waals surface area contributed by atoms with Crippen LogP contribution in [-0.2, 0) is 24.8 Å². The Morgan fingerprint density at radius 3 is 2.66 bits per heavy atom. The lowest BCUT2D eigenvalue weighted by molar-refractivity contribution is -0.146. The van der Waals surface area contributed by atoms with E-state index in [4.69, 9.17) is 11.6 Å². The van der Waals surface area contributed by atoms with Crippen molar-refractivity contribution in [2.24, 2.45) is 13.0 Å². The van der Waals surface area contributed by atoms with Gasteiger partial charge in [-0.05, 0) is 54.7 Å². The Kier molecular flexibility index (Phi) is 7.23. The number of aryl methyl sites for hydroxylation is 3. The zero-order valence-corrected chi connectivity index (χ0v) is 19.6. The fraction of sp³-hybridized carbons (Fsp3) is 0.292. The lowest BCUT2D eigenvalue weighted by atomic mass is 9.93. The minimum atomic E-state index is -1.24. The number of halogens is 2. The number of aromatic nitrogens is 5. The molecule has 35 heavy (non-hydrogen) atoms. The van der Waals surface area contributed by atoms with E-state index >= 15 is 0 Å². The summed E-state index contributed by atoms with van der Waals surface area (Å²) in [5.74, 6) is -2.82. The lowest BCUT2D eigenvalue weighted by Crippen LogP contribution is -2.32. The van der Waals surface area contributed by atoms with Crippen LogP contribution in [0.1, 0.15) is 18.4 Å². The Labute approximate surface area is 204 Å². The number of hydrogen-bond donors (Lipinski definition) is 2. The topological polar surface area (TPSA) is 123 Å². The van der Waals surface area contributed by atoms with Crippen LogP contribution in [0.5, 0.6) is 0 Å². The molecule has 0 aliphatic rings. The van der Waals surface area contributed by atoms with Crippen molar-refractivity contribution >= 4 is 28.5 Å². The monoisotopic (exact) mass is 499 g/mol. The smallest absolute Gasteiger partial charge is 0.309 e. The first kappa shape index (κ1) is 24.5. The number of aliphatic hydroxyl groups is 1. The standard InChI is InChI=1S/C24H23ClFN5O4/c1-30-13-16(12-27-30)15-3-2-14(20(26)10-15)4-7-22(32)19(24(34)35)8-9-31-23(33)18-6-5-17(25)11-21(18)28-29-31/h2-3,5-6,10-13,19,22,32H,4,7-9H2,1H3,(H,34,35)/t19?,22-/m1/s1. The minimum absolute atomic E-state index is 0.0386. The molecule has 11 heteroatoms. The molecule has 182 valence electrons. The third-order valence-electron chi connectivity index (χ3n) is 5.92. The number of nitrogens with zero attached hydrogens (tertiary/aromatic N) is 5. The fourth-order valence-electron chi connectivity index (χ4n) is 3.94. The summed E-state index contributed by atoms with van der Waals surface area (Å²) < 4.78 is 17.3. The maximum atomic E-state index is 14.6. The number of aliphatic hydroxyl groups excluding tert-OH is 1. The molecule has 1 unspecified atom stereocenters. The molecule has 0 aliphatic heterocycles. The number of carboxylic acid groups (broad SMARTS) is 1. The van der Waals surface area contributed by atoms with Crippen molar-refractivity contribution in [1.82, 2.24) is 24.8 Å². The van der Waals surface area contributed by atoms with Gasteiger partial charge >= 0.3 is 5.97 Å². The zero-order valence-electron chi connectivity index (χ0n) is 18.8. The summed E-state index contributed by atoms with van der Waals surface area (Å²) in [6.45, 7) is -0.0490. The number of carbonyl (C=O) groups is 1. The quantitative estimate of drug-likeness (QED) is 0.363. The number of benzene rings is 2. The molecule has 0 bridgehead atoms. The highest BCUT2D eigenvalue weighted by Crippen LogP contribution is 2.23. The second-order valence-electron chi connectivity index (χ2n) is 8.33. The predicted octanol–water partition coefficient (Wildman–Crippen LogP) is 3.07. The molecule has 0 aliphatic carbocycles. The lowest BCUT2D eigenvalue weighted by Gasteiger charge is -2.19. The minimum Gasteiger partial charge on any atom is -0.481 e. The summed E-state index contributed by atoms with van der Waals surface area (Å²) in [7, 11) is 1.77. The van der Waals surface area contributed by atoms with Crippen LogP contribution in [0.15, 0.2) is 53.6 Å². The summed E-state index contributed by atoms with van der Waals surface area (Å²) in [6, 6.07) is 9.38. The predicted molar refractivity (Wildman–Crippen MR) is 127 cm³/mol. The largest absolute Gasteiger partial charge is 0.481 e. The number of carboxylic acids is 1. The molecule has 9 nitrogen and oxygen atoms in total. The van der Waals surface area contributed by atoms with Crippen molar-refractivity contribution in [3.05, 3.63) is 75.5 Å². The second kappa shape index (κ2) is 10.3. The molecule has 0 fully saturated rings. The van der Waals surface area contributed by atoms with Crippen LogP contribution in [-0.4, -0.2) is 47.1 Å². The van der Waals surface area contributed by atoms with Gasteiger partial charge in [0.15, 0.2) is 0 Å². The summed E-state index contributed by atoms with van der Waals surface area (Å²) in [5, 5.41) is 32.8. The molecule has 2 aromatic heterocycles.